The van der Waals surface area contributed by atoms with Gasteiger partial charge in [0.05, 0.1) is 12.1 Å². The minimum atomic E-state index is -0.00471. The van der Waals surface area contributed by atoms with E-state index in [4.69, 9.17) is 0 Å². The number of hydrogen-bond donors (Lipinski definition) is 2. The smallest absolute Gasteiger partial charge is 0.237 e. The fourth-order valence-electron chi connectivity index (χ4n) is 2.21. The largest absolute Gasteiger partial charge is 0.348 e. The Morgan fingerprint density at radius 3 is 2.67 bits per heavy atom. The molecule has 0 bridgehead atoms. The molecule has 2 atom stereocenters. The van der Waals surface area contributed by atoms with Gasteiger partial charge in [-0.25, -0.2) is 0 Å². The lowest BCUT2D eigenvalue weighted by molar-refractivity contribution is -0.124. The van der Waals surface area contributed by atoms with Crippen molar-refractivity contribution in [3.8, 4) is 0 Å². The van der Waals surface area contributed by atoms with Crippen molar-refractivity contribution >= 4 is 18.3 Å². The van der Waals surface area contributed by atoms with Crippen molar-refractivity contribution in [2.24, 2.45) is 0 Å². The van der Waals surface area contributed by atoms with E-state index in [1.54, 1.807) is 0 Å². The van der Waals surface area contributed by atoms with Crippen LogP contribution in [0.3, 0.4) is 0 Å². The summed E-state index contributed by atoms with van der Waals surface area (Å²) in [6.45, 7) is 2.98. The molecule has 1 aliphatic rings. The van der Waals surface area contributed by atoms with E-state index in [-0.39, 0.29) is 30.4 Å². The van der Waals surface area contributed by atoms with Crippen LogP contribution in [0.15, 0.2) is 30.3 Å². The number of nitrogens with one attached hydrogen (secondary N) is 2. The van der Waals surface area contributed by atoms with Crippen LogP contribution in [0.2, 0.25) is 0 Å². The van der Waals surface area contributed by atoms with Crippen LogP contribution in [-0.4, -0.2) is 18.5 Å². The first kappa shape index (κ1) is 15.0. The van der Waals surface area contributed by atoms with E-state index in [1.807, 2.05) is 37.3 Å². The third kappa shape index (κ3) is 4.00. The minimum absolute atomic E-state index is 0. The summed E-state index contributed by atoms with van der Waals surface area (Å²) < 4.78 is 0. The lowest BCUT2D eigenvalue weighted by atomic mass is 10.0. The topological polar surface area (TPSA) is 41.1 Å². The monoisotopic (exact) mass is 268 g/mol. The molecule has 4 heteroatoms. The number of hydrogen-bond acceptors (Lipinski definition) is 2. The van der Waals surface area contributed by atoms with Crippen LogP contribution in [0, 0.1) is 0 Å². The molecule has 18 heavy (non-hydrogen) atoms. The zero-order valence-electron chi connectivity index (χ0n) is 10.7. The molecule has 2 N–H and O–H groups in total. The highest BCUT2D eigenvalue weighted by Gasteiger charge is 2.21. The Balaban J connectivity index is 0.00000162. The first-order chi connectivity index (χ1) is 8.27. The first-order valence-corrected chi connectivity index (χ1v) is 6.36. The Labute approximate surface area is 115 Å². The molecule has 0 aliphatic carbocycles. The third-order valence-electron chi connectivity index (χ3n) is 3.29. The Bertz CT molecular complexity index is 363. The van der Waals surface area contributed by atoms with Gasteiger partial charge in [-0.05, 0) is 31.9 Å². The van der Waals surface area contributed by atoms with Crippen LogP contribution in [0.4, 0.5) is 0 Å². The second-order valence-corrected chi connectivity index (χ2v) is 4.64. The molecule has 1 aliphatic heterocycles. The summed E-state index contributed by atoms with van der Waals surface area (Å²) >= 11 is 0. The molecule has 1 amide bonds. The van der Waals surface area contributed by atoms with E-state index in [1.165, 1.54) is 6.42 Å². The van der Waals surface area contributed by atoms with Crippen molar-refractivity contribution in [1.29, 1.82) is 0 Å². The first-order valence-electron chi connectivity index (χ1n) is 6.36. The summed E-state index contributed by atoms with van der Waals surface area (Å²) in [5.74, 6) is 0.126. The molecule has 1 aromatic rings. The summed E-state index contributed by atoms with van der Waals surface area (Å²) in [4.78, 5) is 12.0. The number of halogens is 1. The van der Waals surface area contributed by atoms with Gasteiger partial charge in [0, 0.05) is 0 Å². The molecule has 1 saturated heterocycles. The van der Waals surface area contributed by atoms with E-state index in [0.29, 0.717) is 0 Å². The predicted octanol–water partition coefficient (Wildman–Crippen LogP) is 2.43. The second kappa shape index (κ2) is 7.39. The Morgan fingerprint density at radius 2 is 2.06 bits per heavy atom. The quantitative estimate of drug-likeness (QED) is 0.884. The maximum absolute atomic E-state index is 12.0. The number of benzene rings is 1. The number of amides is 1. The highest BCUT2D eigenvalue weighted by Crippen LogP contribution is 2.13. The summed E-state index contributed by atoms with van der Waals surface area (Å²) in [6, 6.07) is 10.1. The van der Waals surface area contributed by atoms with E-state index < -0.39 is 0 Å². The zero-order chi connectivity index (χ0) is 12.1. The van der Waals surface area contributed by atoms with Crippen LogP contribution in [0.1, 0.15) is 37.8 Å². The second-order valence-electron chi connectivity index (χ2n) is 4.64. The van der Waals surface area contributed by atoms with Crippen molar-refractivity contribution in [2.45, 2.75) is 38.3 Å². The lowest BCUT2D eigenvalue weighted by Crippen LogP contribution is -2.47. The van der Waals surface area contributed by atoms with Crippen LogP contribution in [0.25, 0.3) is 0 Å². The Kier molecular flexibility index (Phi) is 6.16. The van der Waals surface area contributed by atoms with E-state index in [0.717, 1.165) is 24.9 Å². The molecule has 3 nitrogen and oxygen atoms in total. The number of carbonyl (C=O) groups excluding carboxylic acids is 1. The van der Waals surface area contributed by atoms with Gasteiger partial charge in [0.25, 0.3) is 0 Å². The average molecular weight is 269 g/mol. The molecular weight excluding hydrogens is 248 g/mol. The van der Waals surface area contributed by atoms with Crippen LogP contribution < -0.4 is 10.6 Å². The summed E-state index contributed by atoms with van der Waals surface area (Å²) in [5.41, 5.74) is 1.15. The fourth-order valence-corrected chi connectivity index (χ4v) is 2.21. The summed E-state index contributed by atoms with van der Waals surface area (Å²) in [7, 11) is 0. The molecule has 100 valence electrons. The third-order valence-corrected chi connectivity index (χ3v) is 3.29. The van der Waals surface area contributed by atoms with Gasteiger partial charge < -0.3 is 10.6 Å². The van der Waals surface area contributed by atoms with Gasteiger partial charge in [0.15, 0.2) is 0 Å². The number of carbonyl (C=O) groups is 1. The number of piperidine rings is 1. The average Bonchev–Trinajstić information content (AvgIpc) is 2.40. The molecule has 0 saturated carbocycles. The summed E-state index contributed by atoms with van der Waals surface area (Å²) in [5, 5.41) is 6.33. The standard InChI is InChI=1S/C14H20N2O.ClH/c1-11(12-7-3-2-4-8-12)16-14(17)13-9-5-6-10-15-13;/h2-4,7-8,11,13,15H,5-6,9-10H2,1H3,(H,16,17);1H. The van der Waals surface area contributed by atoms with Crippen LogP contribution in [-0.2, 0) is 4.79 Å². The van der Waals surface area contributed by atoms with Crippen LogP contribution in [0.5, 0.6) is 0 Å². The van der Waals surface area contributed by atoms with Gasteiger partial charge in [-0.3, -0.25) is 4.79 Å². The lowest BCUT2D eigenvalue weighted by Gasteiger charge is -2.24. The van der Waals surface area contributed by atoms with Gasteiger partial charge in [0.2, 0.25) is 5.91 Å². The fraction of sp³-hybridized carbons (Fsp3) is 0.500. The molecule has 1 aromatic carbocycles. The van der Waals surface area contributed by atoms with Crippen molar-refractivity contribution in [3.05, 3.63) is 35.9 Å². The zero-order valence-corrected chi connectivity index (χ0v) is 11.5. The van der Waals surface area contributed by atoms with E-state index >= 15 is 0 Å². The van der Waals surface area contributed by atoms with Gasteiger partial charge in [-0.1, -0.05) is 36.8 Å². The SMILES string of the molecule is CC(NC(=O)C1CCCCN1)c1ccccc1.Cl. The predicted molar refractivity (Wildman–Crippen MR) is 75.9 cm³/mol. The summed E-state index contributed by atoms with van der Waals surface area (Å²) in [6.07, 6.45) is 3.27. The van der Waals surface area contributed by atoms with Gasteiger partial charge >= 0.3 is 0 Å². The van der Waals surface area contributed by atoms with Crippen molar-refractivity contribution in [1.82, 2.24) is 10.6 Å². The van der Waals surface area contributed by atoms with E-state index in [2.05, 4.69) is 10.6 Å². The maximum Gasteiger partial charge on any atom is 0.237 e. The molecule has 2 unspecified atom stereocenters. The molecule has 0 spiro atoms. The highest BCUT2D eigenvalue weighted by molar-refractivity contribution is 5.85. The van der Waals surface area contributed by atoms with Crippen LogP contribution >= 0.6 is 12.4 Å². The van der Waals surface area contributed by atoms with Gasteiger partial charge in [-0.2, -0.15) is 0 Å². The number of rotatable bonds is 3. The van der Waals surface area contributed by atoms with Gasteiger partial charge in [-0.15, -0.1) is 12.4 Å². The highest BCUT2D eigenvalue weighted by atomic mass is 35.5. The Morgan fingerprint density at radius 1 is 1.33 bits per heavy atom. The molecule has 0 aromatic heterocycles. The molecule has 0 radical (unpaired) electrons. The normalized spacial score (nSPS) is 20.6. The Hall–Kier alpha value is -1.06. The van der Waals surface area contributed by atoms with E-state index in [9.17, 15) is 4.79 Å². The van der Waals surface area contributed by atoms with Crippen molar-refractivity contribution < 1.29 is 4.79 Å². The molecule has 1 heterocycles. The molecule has 2 rings (SSSR count). The van der Waals surface area contributed by atoms with Crippen molar-refractivity contribution in [2.75, 3.05) is 6.54 Å². The van der Waals surface area contributed by atoms with Gasteiger partial charge in [0.1, 0.15) is 0 Å². The maximum atomic E-state index is 12.0. The minimum Gasteiger partial charge on any atom is -0.348 e. The molecular formula is C14H21ClN2O. The molecule has 1 fully saturated rings. The van der Waals surface area contributed by atoms with Crippen molar-refractivity contribution in [3.63, 3.8) is 0 Å².